The maximum Gasteiger partial charge on any atom is 0.242 e. The molecule has 1 aliphatic carbocycles. The second kappa shape index (κ2) is 4.64. The standard InChI is InChI=1S/C16H22N2O/c1-16(2,12-7-8-12)18-15(19)14-13-6-4-3-5-11(13)9-10-17-14/h3-6,12,14,17H,7-10H2,1-2H3,(H,18,19). The summed E-state index contributed by atoms with van der Waals surface area (Å²) in [5.41, 5.74) is 2.36. The van der Waals surface area contributed by atoms with Gasteiger partial charge in [-0.2, -0.15) is 0 Å². The molecule has 1 saturated carbocycles. The Kier molecular flexibility index (Phi) is 3.09. The van der Waals surface area contributed by atoms with Crippen LogP contribution in [0.2, 0.25) is 0 Å². The lowest BCUT2D eigenvalue weighted by molar-refractivity contribution is -0.125. The molecule has 102 valence electrons. The van der Waals surface area contributed by atoms with Crippen molar-refractivity contribution in [3.8, 4) is 0 Å². The number of amides is 1. The molecule has 1 fully saturated rings. The maximum absolute atomic E-state index is 12.5. The van der Waals surface area contributed by atoms with Crippen LogP contribution < -0.4 is 10.6 Å². The molecule has 3 rings (SSSR count). The van der Waals surface area contributed by atoms with Crippen molar-refractivity contribution in [1.82, 2.24) is 10.6 Å². The summed E-state index contributed by atoms with van der Waals surface area (Å²) >= 11 is 0. The quantitative estimate of drug-likeness (QED) is 0.872. The molecule has 1 aliphatic heterocycles. The van der Waals surface area contributed by atoms with Gasteiger partial charge in [-0.15, -0.1) is 0 Å². The number of nitrogens with one attached hydrogen (secondary N) is 2. The molecule has 2 aliphatic rings. The third-order valence-corrected chi connectivity index (χ3v) is 4.41. The predicted molar refractivity (Wildman–Crippen MR) is 75.8 cm³/mol. The minimum Gasteiger partial charge on any atom is -0.349 e. The van der Waals surface area contributed by atoms with Crippen LogP contribution in [0.3, 0.4) is 0 Å². The van der Waals surface area contributed by atoms with Gasteiger partial charge < -0.3 is 10.6 Å². The minimum atomic E-state index is -0.192. The van der Waals surface area contributed by atoms with Crippen molar-refractivity contribution in [2.45, 2.75) is 44.7 Å². The van der Waals surface area contributed by atoms with Crippen molar-refractivity contribution in [1.29, 1.82) is 0 Å². The number of carbonyl (C=O) groups excluding carboxylic acids is 1. The summed E-state index contributed by atoms with van der Waals surface area (Å²) in [7, 11) is 0. The number of rotatable bonds is 3. The third-order valence-electron chi connectivity index (χ3n) is 4.41. The molecular weight excluding hydrogens is 236 g/mol. The van der Waals surface area contributed by atoms with Crippen LogP contribution in [0.1, 0.15) is 43.9 Å². The minimum absolute atomic E-state index is 0.0782. The first-order valence-electron chi connectivity index (χ1n) is 7.21. The summed E-state index contributed by atoms with van der Waals surface area (Å²) in [6.07, 6.45) is 3.48. The van der Waals surface area contributed by atoms with Gasteiger partial charge in [0.1, 0.15) is 6.04 Å². The molecule has 1 amide bonds. The lowest BCUT2D eigenvalue weighted by atomic mass is 9.92. The summed E-state index contributed by atoms with van der Waals surface area (Å²) < 4.78 is 0. The topological polar surface area (TPSA) is 41.1 Å². The smallest absolute Gasteiger partial charge is 0.242 e. The summed E-state index contributed by atoms with van der Waals surface area (Å²) in [4.78, 5) is 12.5. The normalized spacial score (nSPS) is 22.7. The molecule has 3 nitrogen and oxygen atoms in total. The molecule has 0 bridgehead atoms. The Morgan fingerprint density at radius 2 is 2.05 bits per heavy atom. The van der Waals surface area contributed by atoms with Crippen LogP contribution in [0.5, 0.6) is 0 Å². The first kappa shape index (κ1) is 12.7. The first-order valence-corrected chi connectivity index (χ1v) is 7.21. The van der Waals surface area contributed by atoms with Crippen LogP contribution in [0.25, 0.3) is 0 Å². The highest BCUT2D eigenvalue weighted by atomic mass is 16.2. The van der Waals surface area contributed by atoms with E-state index in [0.717, 1.165) is 18.5 Å². The largest absolute Gasteiger partial charge is 0.349 e. The molecule has 1 heterocycles. The predicted octanol–water partition coefficient (Wildman–Crippen LogP) is 2.18. The fourth-order valence-corrected chi connectivity index (χ4v) is 3.04. The second-order valence-electron chi connectivity index (χ2n) is 6.32. The van der Waals surface area contributed by atoms with Gasteiger partial charge in [0.05, 0.1) is 0 Å². The van der Waals surface area contributed by atoms with Crippen LogP contribution in [0, 0.1) is 5.92 Å². The van der Waals surface area contributed by atoms with Crippen LogP contribution in [-0.2, 0) is 11.2 Å². The van der Waals surface area contributed by atoms with Gasteiger partial charge >= 0.3 is 0 Å². The molecule has 1 unspecified atom stereocenters. The molecule has 0 radical (unpaired) electrons. The van der Waals surface area contributed by atoms with Crippen molar-refractivity contribution in [3.63, 3.8) is 0 Å². The lowest BCUT2D eigenvalue weighted by Gasteiger charge is -2.32. The molecule has 0 saturated heterocycles. The number of carbonyl (C=O) groups is 1. The highest BCUT2D eigenvalue weighted by Gasteiger charge is 2.40. The summed E-state index contributed by atoms with van der Waals surface area (Å²) in [6, 6.07) is 8.06. The van der Waals surface area contributed by atoms with Gasteiger partial charge in [0, 0.05) is 12.1 Å². The van der Waals surface area contributed by atoms with Crippen molar-refractivity contribution < 1.29 is 4.79 Å². The molecule has 0 aromatic heterocycles. The van der Waals surface area contributed by atoms with Gasteiger partial charge in [-0.1, -0.05) is 24.3 Å². The zero-order valence-electron chi connectivity index (χ0n) is 11.7. The molecule has 0 spiro atoms. The van der Waals surface area contributed by atoms with Crippen LogP contribution in [-0.4, -0.2) is 18.0 Å². The van der Waals surface area contributed by atoms with Gasteiger partial charge in [-0.25, -0.2) is 0 Å². The van der Waals surface area contributed by atoms with E-state index >= 15 is 0 Å². The van der Waals surface area contributed by atoms with Gasteiger partial charge in [0.2, 0.25) is 5.91 Å². The number of hydrogen-bond donors (Lipinski definition) is 2. The number of hydrogen-bond acceptors (Lipinski definition) is 2. The Morgan fingerprint density at radius 1 is 1.32 bits per heavy atom. The number of fused-ring (bicyclic) bond motifs is 1. The average Bonchev–Trinajstić information content (AvgIpc) is 3.22. The number of benzene rings is 1. The zero-order valence-corrected chi connectivity index (χ0v) is 11.7. The molecule has 2 N–H and O–H groups in total. The molecule has 1 atom stereocenters. The molecule has 3 heteroatoms. The highest BCUT2D eigenvalue weighted by molar-refractivity contribution is 5.84. The van der Waals surface area contributed by atoms with Crippen LogP contribution in [0.15, 0.2) is 24.3 Å². The summed E-state index contributed by atoms with van der Waals surface area (Å²) in [6.45, 7) is 5.15. The van der Waals surface area contributed by atoms with Gasteiger partial charge in [-0.05, 0) is 50.2 Å². The van der Waals surface area contributed by atoms with Gasteiger partial charge in [0.25, 0.3) is 0 Å². The van der Waals surface area contributed by atoms with E-state index in [-0.39, 0.29) is 17.5 Å². The van der Waals surface area contributed by atoms with E-state index < -0.39 is 0 Å². The molecule has 19 heavy (non-hydrogen) atoms. The van der Waals surface area contributed by atoms with Crippen molar-refractivity contribution in [3.05, 3.63) is 35.4 Å². The fourth-order valence-electron chi connectivity index (χ4n) is 3.04. The Balaban J connectivity index is 1.77. The van der Waals surface area contributed by atoms with Crippen LogP contribution >= 0.6 is 0 Å². The van der Waals surface area contributed by atoms with E-state index in [4.69, 9.17) is 0 Å². The van der Waals surface area contributed by atoms with E-state index in [1.807, 2.05) is 12.1 Å². The summed E-state index contributed by atoms with van der Waals surface area (Å²) in [5, 5.41) is 6.57. The Bertz CT molecular complexity index is 491. The third kappa shape index (κ3) is 2.52. The molecule has 1 aromatic rings. The van der Waals surface area contributed by atoms with E-state index in [1.54, 1.807) is 0 Å². The van der Waals surface area contributed by atoms with Gasteiger partial charge in [0.15, 0.2) is 0 Å². The van der Waals surface area contributed by atoms with Gasteiger partial charge in [-0.3, -0.25) is 4.79 Å². The Hall–Kier alpha value is -1.35. The fraction of sp³-hybridized carbons (Fsp3) is 0.562. The zero-order chi connectivity index (χ0) is 13.5. The van der Waals surface area contributed by atoms with Crippen LogP contribution in [0.4, 0.5) is 0 Å². The molecule has 1 aromatic carbocycles. The Morgan fingerprint density at radius 3 is 2.79 bits per heavy atom. The summed E-state index contributed by atoms with van der Waals surface area (Å²) in [5.74, 6) is 0.763. The molecular formula is C16H22N2O. The SMILES string of the molecule is CC(C)(NC(=O)C1NCCc2ccccc21)C1CC1. The van der Waals surface area contributed by atoms with E-state index in [2.05, 4.69) is 36.6 Å². The highest BCUT2D eigenvalue weighted by Crippen LogP contribution is 2.39. The lowest BCUT2D eigenvalue weighted by Crippen LogP contribution is -2.50. The average molecular weight is 258 g/mol. The van der Waals surface area contributed by atoms with Crippen molar-refractivity contribution >= 4 is 5.91 Å². The van der Waals surface area contributed by atoms with Crippen molar-refractivity contribution in [2.75, 3.05) is 6.54 Å². The Labute approximate surface area is 114 Å². The first-order chi connectivity index (χ1) is 9.08. The monoisotopic (exact) mass is 258 g/mol. The van der Waals surface area contributed by atoms with Crippen molar-refractivity contribution in [2.24, 2.45) is 5.92 Å². The van der Waals surface area contributed by atoms with E-state index in [1.165, 1.54) is 18.4 Å². The van der Waals surface area contributed by atoms with E-state index in [9.17, 15) is 4.79 Å². The second-order valence-corrected chi connectivity index (χ2v) is 6.32. The van der Waals surface area contributed by atoms with E-state index in [0.29, 0.717) is 5.92 Å². The maximum atomic E-state index is 12.5.